The van der Waals surface area contributed by atoms with E-state index >= 15 is 0 Å². The fourth-order valence-corrected chi connectivity index (χ4v) is 5.53. The second kappa shape index (κ2) is 6.51. The van der Waals surface area contributed by atoms with Crippen LogP contribution in [0.3, 0.4) is 0 Å². The Hall–Kier alpha value is -2.99. The van der Waals surface area contributed by atoms with Crippen molar-refractivity contribution in [3.63, 3.8) is 0 Å². The Balaban J connectivity index is 1.67. The summed E-state index contributed by atoms with van der Waals surface area (Å²) in [6, 6.07) is 15.9. The van der Waals surface area contributed by atoms with E-state index in [2.05, 4.69) is 33.7 Å². The molecule has 7 heteroatoms. The van der Waals surface area contributed by atoms with Gasteiger partial charge in [-0.1, -0.05) is 65.9 Å². The first-order chi connectivity index (χ1) is 14.7. The van der Waals surface area contributed by atoms with Gasteiger partial charge in [-0.15, -0.1) is 0 Å². The Morgan fingerprint density at radius 1 is 1.03 bits per heavy atom. The Bertz CT molecular complexity index is 1330. The third kappa shape index (κ3) is 2.50. The topological polar surface area (TPSA) is 65.1 Å². The average molecular weight is 418 g/mol. The Labute approximate surface area is 178 Å². The zero-order valence-corrected chi connectivity index (χ0v) is 17.1. The van der Waals surface area contributed by atoms with Crippen molar-refractivity contribution in [2.24, 2.45) is 0 Å². The van der Waals surface area contributed by atoms with Crippen LogP contribution < -0.4 is 5.56 Å². The minimum Gasteiger partial charge on any atom is -0.271 e. The number of hydrogen-bond donors (Lipinski definition) is 0. The van der Waals surface area contributed by atoms with E-state index in [1.807, 2.05) is 30.3 Å². The molecule has 0 N–H and O–H groups in total. The molecule has 0 aliphatic heterocycles. The van der Waals surface area contributed by atoms with Gasteiger partial charge in [0, 0.05) is 16.0 Å². The summed E-state index contributed by atoms with van der Waals surface area (Å²) in [6.45, 7) is 0.408. The monoisotopic (exact) mass is 417 g/mol. The minimum absolute atomic E-state index is 0.0265. The van der Waals surface area contributed by atoms with Crippen molar-refractivity contribution in [2.45, 2.75) is 44.1 Å². The molecule has 2 heterocycles. The van der Waals surface area contributed by atoms with Gasteiger partial charge in [-0.25, -0.2) is 0 Å². The van der Waals surface area contributed by atoms with Crippen molar-refractivity contribution >= 4 is 17.4 Å². The predicted molar refractivity (Wildman–Crippen MR) is 115 cm³/mol. The molecule has 1 fully saturated rings. The van der Waals surface area contributed by atoms with Crippen molar-refractivity contribution in [2.75, 3.05) is 0 Å². The van der Waals surface area contributed by atoms with Crippen LogP contribution in [-0.2, 0) is 18.4 Å². The highest BCUT2D eigenvalue weighted by molar-refractivity contribution is 6.30. The van der Waals surface area contributed by atoms with Crippen LogP contribution in [0.15, 0.2) is 53.3 Å². The van der Waals surface area contributed by atoms with Crippen LogP contribution in [-0.4, -0.2) is 24.6 Å². The SMILES string of the molecule is O=c1c2c(n3nnnc3n1Cc1ccc(Cl)cc1)-c1ccccc1CC21CCCC1. The first-order valence-electron chi connectivity index (χ1n) is 10.3. The summed E-state index contributed by atoms with van der Waals surface area (Å²) in [5, 5.41) is 13.2. The van der Waals surface area contributed by atoms with Gasteiger partial charge in [-0.05, 0) is 52.9 Å². The van der Waals surface area contributed by atoms with Gasteiger partial charge in [0.1, 0.15) is 0 Å². The molecule has 150 valence electrons. The third-order valence-corrected chi connectivity index (χ3v) is 7.00. The second-order valence-corrected chi connectivity index (χ2v) is 8.89. The highest BCUT2D eigenvalue weighted by Gasteiger charge is 2.45. The highest BCUT2D eigenvalue weighted by atomic mass is 35.5. The van der Waals surface area contributed by atoms with E-state index in [1.165, 1.54) is 5.56 Å². The predicted octanol–water partition coefficient (Wildman–Crippen LogP) is 4.02. The van der Waals surface area contributed by atoms with E-state index in [4.69, 9.17) is 11.6 Å². The largest absolute Gasteiger partial charge is 0.271 e. The van der Waals surface area contributed by atoms with Crippen molar-refractivity contribution < 1.29 is 0 Å². The van der Waals surface area contributed by atoms with Crippen molar-refractivity contribution in [3.05, 3.63) is 80.6 Å². The molecule has 4 aromatic rings. The molecule has 30 heavy (non-hydrogen) atoms. The smallest absolute Gasteiger partial charge is 0.259 e. The number of hydrogen-bond acceptors (Lipinski definition) is 4. The number of rotatable bonds is 2. The fourth-order valence-electron chi connectivity index (χ4n) is 5.41. The molecule has 2 aromatic heterocycles. The molecule has 1 saturated carbocycles. The summed E-state index contributed by atoms with van der Waals surface area (Å²) in [6.07, 6.45) is 5.24. The maximum atomic E-state index is 14.0. The van der Waals surface area contributed by atoms with E-state index < -0.39 is 0 Å². The molecule has 0 unspecified atom stereocenters. The Morgan fingerprint density at radius 2 is 1.80 bits per heavy atom. The number of benzene rings is 2. The molecular weight excluding hydrogens is 398 g/mol. The van der Waals surface area contributed by atoms with Crippen LogP contribution in [0.2, 0.25) is 5.02 Å². The molecule has 0 amide bonds. The normalized spacial score (nSPS) is 16.7. The summed E-state index contributed by atoms with van der Waals surface area (Å²) in [7, 11) is 0. The van der Waals surface area contributed by atoms with Crippen LogP contribution in [0, 0.1) is 0 Å². The minimum atomic E-state index is -0.136. The van der Waals surface area contributed by atoms with Gasteiger partial charge in [0.2, 0.25) is 0 Å². The van der Waals surface area contributed by atoms with Crippen LogP contribution in [0.25, 0.3) is 17.0 Å². The summed E-state index contributed by atoms with van der Waals surface area (Å²) in [5.74, 6) is 0.471. The molecule has 6 nitrogen and oxygen atoms in total. The molecule has 2 aromatic carbocycles. The quantitative estimate of drug-likeness (QED) is 0.494. The summed E-state index contributed by atoms with van der Waals surface area (Å²) >= 11 is 6.04. The molecule has 0 atom stereocenters. The molecule has 0 radical (unpaired) electrons. The van der Waals surface area contributed by atoms with Crippen molar-refractivity contribution in [3.8, 4) is 11.3 Å². The molecule has 0 saturated heterocycles. The second-order valence-electron chi connectivity index (χ2n) is 8.45. The molecule has 6 rings (SSSR count). The van der Waals surface area contributed by atoms with E-state index in [1.54, 1.807) is 9.08 Å². The molecule has 2 aliphatic rings. The summed E-state index contributed by atoms with van der Waals surface area (Å²) in [5.41, 5.74) is 4.98. The maximum Gasteiger partial charge on any atom is 0.259 e. The molecule has 2 aliphatic carbocycles. The van der Waals surface area contributed by atoms with Gasteiger partial charge < -0.3 is 0 Å². The standard InChI is InChI=1S/C23H20ClN5O/c24-17-9-7-15(8-10-17)14-28-21(30)19-20(29-22(28)25-26-27-29)18-6-2-1-5-16(18)13-23(19)11-3-4-12-23/h1-2,5-10H,3-4,11-14H2. The van der Waals surface area contributed by atoms with Crippen LogP contribution in [0.5, 0.6) is 0 Å². The van der Waals surface area contributed by atoms with Gasteiger partial charge in [-0.2, -0.15) is 4.52 Å². The van der Waals surface area contributed by atoms with E-state index in [0.29, 0.717) is 17.3 Å². The summed E-state index contributed by atoms with van der Waals surface area (Å²) < 4.78 is 3.49. The maximum absolute atomic E-state index is 14.0. The third-order valence-electron chi connectivity index (χ3n) is 6.75. The van der Waals surface area contributed by atoms with Crippen LogP contribution in [0.4, 0.5) is 0 Å². The first-order valence-corrected chi connectivity index (χ1v) is 10.7. The number of tetrazole rings is 1. The number of halogens is 1. The van der Waals surface area contributed by atoms with E-state index in [0.717, 1.165) is 54.5 Å². The Kier molecular flexibility index (Phi) is 3.87. The van der Waals surface area contributed by atoms with Gasteiger partial charge in [0.25, 0.3) is 11.3 Å². The van der Waals surface area contributed by atoms with Crippen molar-refractivity contribution in [1.82, 2.24) is 24.6 Å². The fraction of sp³-hybridized carbons (Fsp3) is 0.304. The van der Waals surface area contributed by atoms with Crippen LogP contribution in [0.1, 0.15) is 42.4 Å². The van der Waals surface area contributed by atoms with E-state index in [9.17, 15) is 4.79 Å². The van der Waals surface area contributed by atoms with Gasteiger partial charge in [0.05, 0.1) is 17.8 Å². The lowest BCUT2D eigenvalue weighted by Crippen LogP contribution is -2.41. The lowest BCUT2D eigenvalue weighted by atomic mass is 9.68. The van der Waals surface area contributed by atoms with Gasteiger partial charge in [-0.3, -0.25) is 9.36 Å². The van der Waals surface area contributed by atoms with E-state index in [-0.39, 0.29) is 11.0 Å². The number of fused-ring (bicyclic) bond motifs is 6. The molecule has 1 spiro atoms. The highest BCUT2D eigenvalue weighted by Crippen LogP contribution is 2.50. The zero-order valence-electron chi connectivity index (χ0n) is 16.4. The zero-order chi connectivity index (χ0) is 20.3. The van der Waals surface area contributed by atoms with Gasteiger partial charge >= 0.3 is 0 Å². The lowest BCUT2D eigenvalue weighted by Gasteiger charge is -2.36. The number of aromatic nitrogens is 5. The Morgan fingerprint density at radius 3 is 2.60 bits per heavy atom. The average Bonchev–Trinajstić information content (AvgIpc) is 3.42. The van der Waals surface area contributed by atoms with Crippen molar-refractivity contribution in [1.29, 1.82) is 0 Å². The number of nitrogens with zero attached hydrogens (tertiary/aromatic N) is 5. The van der Waals surface area contributed by atoms with Crippen LogP contribution >= 0.6 is 11.6 Å². The lowest BCUT2D eigenvalue weighted by molar-refractivity contribution is 0.421. The first kappa shape index (κ1) is 17.8. The summed E-state index contributed by atoms with van der Waals surface area (Å²) in [4.78, 5) is 14.0. The van der Waals surface area contributed by atoms with Gasteiger partial charge in [0.15, 0.2) is 0 Å². The molecular formula is C23H20ClN5O. The molecule has 0 bridgehead atoms.